The number of rotatable bonds is 7. The molecule has 1 saturated carbocycles. The second-order valence-corrected chi connectivity index (χ2v) is 9.05. The largest absolute Gasteiger partial charge is 0.368 e. The summed E-state index contributed by atoms with van der Waals surface area (Å²) in [7, 11) is -3.48. The number of hydrogen-bond donors (Lipinski definition) is 2. The highest BCUT2D eigenvalue weighted by Crippen LogP contribution is 2.44. The first-order chi connectivity index (χ1) is 14.3. The molecule has 1 fully saturated rings. The fourth-order valence-electron chi connectivity index (χ4n) is 3.45. The van der Waals surface area contributed by atoms with Gasteiger partial charge in [0.15, 0.2) is 0 Å². The number of halogens is 1. The highest BCUT2D eigenvalue weighted by atomic mass is 32.2. The number of nitrogens with one attached hydrogen (secondary N) is 2. The van der Waals surface area contributed by atoms with Crippen molar-refractivity contribution in [2.24, 2.45) is 0 Å². The molecule has 0 aliphatic heterocycles. The normalized spacial score (nSPS) is 20.9. The van der Waals surface area contributed by atoms with Crippen LogP contribution in [0, 0.1) is 0 Å². The topological polar surface area (TPSA) is 123 Å². The molecule has 1 aliphatic carbocycles. The Labute approximate surface area is 173 Å². The van der Waals surface area contributed by atoms with Gasteiger partial charge in [-0.25, -0.2) is 22.8 Å². The average Bonchev–Trinajstić information content (AvgIpc) is 2.70. The van der Waals surface area contributed by atoms with E-state index in [1.807, 2.05) is 18.2 Å². The second kappa shape index (κ2) is 7.90. The molecule has 0 spiro atoms. The smallest absolute Gasteiger partial charge is 0.237 e. The SMILES string of the molecule is CS(=O)(=O)Nc1nccc(-c2ccc(NCC3(c4ccccn4)CC(F)C3)nn2)n1. The van der Waals surface area contributed by atoms with Gasteiger partial charge in [0.2, 0.25) is 16.0 Å². The number of aromatic nitrogens is 5. The number of hydrogen-bond acceptors (Lipinski definition) is 8. The van der Waals surface area contributed by atoms with Gasteiger partial charge in [-0.1, -0.05) is 6.07 Å². The van der Waals surface area contributed by atoms with Crippen LogP contribution >= 0.6 is 0 Å². The molecule has 0 bridgehead atoms. The van der Waals surface area contributed by atoms with E-state index >= 15 is 0 Å². The van der Waals surface area contributed by atoms with Crippen LogP contribution in [-0.2, 0) is 15.4 Å². The van der Waals surface area contributed by atoms with Crippen molar-refractivity contribution in [2.45, 2.75) is 24.4 Å². The highest BCUT2D eigenvalue weighted by Gasteiger charge is 2.46. The van der Waals surface area contributed by atoms with E-state index in [0.717, 1.165) is 11.9 Å². The molecule has 2 N–H and O–H groups in total. The first-order valence-electron chi connectivity index (χ1n) is 9.27. The van der Waals surface area contributed by atoms with E-state index in [1.165, 1.54) is 6.20 Å². The molecular formula is C19H20FN7O2S. The minimum absolute atomic E-state index is 0.0398. The van der Waals surface area contributed by atoms with Crippen molar-refractivity contribution in [2.75, 3.05) is 22.8 Å². The van der Waals surface area contributed by atoms with E-state index in [4.69, 9.17) is 0 Å². The van der Waals surface area contributed by atoms with E-state index < -0.39 is 16.2 Å². The molecule has 0 unspecified atom stereocenters. The third-order valence-corrected chi connectivity index (χ3v) is 5.45. The summed E-state index contributed by atoms with van der Waals surface area (Å²) in [6.45, 7) is 0.494. The van der Waals surface area contributed by atoms with Crippen LogP contribution in [0.4, 0.5) is 16.2 Å². The van der Waals surface area contributed by atoms with Gasteiger partial charge in [0.05, 0.1) is 11.9 Å². The van der Waals surface area contributed by atoms with Crippen molar-refractivity contribution in [3.8, 4) is 11.4 Å². The van der Waals surface area contributed by atoms with Crippen LogP contribution in [-0.4, -0.2) is 52.5 Å². The minimum Gasteiger partial charge on any atom is -0.368 e. The second-order valence-electron chi connectivity index (χ2n) is 7.30. The lowest BCUT2D eigenvalue weighted by molar-refractivity contribution is 0.0996. The maximum atomic E-state index is 13.7. The highest BCUT2D eigenvalue weighted by molar-refractivity contribution is 7.91. The molecule has 1 aliphatic rings. The molecule has 3 heterocycles. The fourth-order valence-corrected chi connectivity index (χ4v) is 3.88. The molecule has 4 rings (SSSR count). The number of pyridine rings is 1. The van der Waals surface area contributed by atoms with E-state index in [2.05, 4.69) is 35.2 Å². The zero-order valence-corrected chi connectivity index (χ0v) is 17.0. The summed E-state index contributed by atoms with van der Waals surface area (Å²) in [5.74, 6) is 0.502. The number of anilines is 2. The fraction of sp³-hybridized carbons (Fsp3) is 0.316. The first kappa shape index (κ1) is 20.1. The Balaban J connectivity index is 1.46. The maximum absolute atomic E-state index is 13.7. The summed E-state index contributed by atoms with van der Waals surface area (Å²) in [5.41, 5.74) is 1.40. The molecule has 0 saturated heterocycles. The van der Waals surface area contributed by atoms with Crippen molar-refractivity contribution in [3.05, 3.63) is 54.5 Å². The minimum atomic E-state index is -3.48. The maximum Gasteiger partial charge on any atom is 0.237 e. The van der Waals surface area contributed by atoms with Crippen LogP contribution in [0.1, 0.15) is 18.5 Å². The summed E-state index contributed by atoms with van der Waals surface area (Å²) in [6.07, 6.45) is 4.18. The summed E-state index contributed by atoms with van der Waals surface area (Å²) < 4.78 is 38.6. The summed E-state index contributed by atoms with van der Waals surface area (Å²) >= 11 is 0. The molecular weight excluding hydrogens is 409 g/mol. The van der Waals surface area contributed by atoms with Crippen molar-refractivity contribution >= 4 is 21.8 Å². The van der Waals surface area contributed by atoms with E-state index in [0.29, 0.717) is 36.6 Å². The molecule has 0 radical (unpaired) electrons. The van der Waals surface area contributed by atoms with Crippen molar-refractivity contribution < 1.29 is 12.8 Å². The monoisotopic (exact) mass is 429 g/mol. The van der Waals surface area contributed by atoms with Crippen LogP contribution in [0.3, 0.4) is 0 Å². The molecule has 30 heavy (non-hydrogen) atoms. The average molecular weight is 429 g/mol. The quantitative estimate of drug-likeness (QED) is 0.586. The van der Waals surface area contributed by atoms with Crippen molar-refractivity contribution in [1.29, 1.82) is 0 Å². The Kier molecular flexibility index (Phi) is 5.29. The lowest BCUT2D eigenvalue weighted by Crippen LogP contribution is -2.48. The lowest BCUT2D eigenvalue weighted by atomic mass is 9.65. The van der Waals surface area contributed by atoms with Crippen LogP contribution in [0.15, 0.2) is 48.8 Å². The molecule has 0 atom stereocenters. The van der Waals surface area contributed by atoms with Gasteiger partial charge in [0.1, 0.15) is 17.7 Å². The van der Waals surface area contributed by atoms with Crippen molar-refractivity contribution in [1.82, 2.24) is 25.1 Å². The molecule has 9 nitrogen and oxygen atoms in total. The number of alkyl halides is 1. The zero-order chi connectivity index (χ0) is 21.2. The molecule has 156 valence electrons. The van der Waals surface area contributed by atoms with Gasteiger partial charge in [0, 0.05) is 30.0 Å². The van der Waals surface area contributed by atoms with Gasteiger partial charge in [-0.3, -0.25) is 9.71 Å². The lowest BCUT2D eigenvalue weighted by Gasteiger charge is -2.43. The summed E-state index contributed by atoms with van der Waals surface area (Å²) in [5, 5.41) is 11.5. The van der Waals surface area contributed by atoms with E-state index in [9.17, 15) is 12.8 Å². The first-order valence-corrected chi connectivity index (χ1v) is 11.2. The molecule has 3 aromatic heterocycles. The van der Waals surface area contributed by atoms with Gasteiger partial charge >= 0.3 is 0 Å². The number of nitrogens with zero attached hydrogens (tertiary/aromatic N) is 5. The predicted octanol–water partition coefficient (Wildman–Crippen LogP) is 2.18. The van der Waals surface area contributed by atoms with Gasteiger partial charge in [-0.2, -0.15) is 0 Å². The molecule has 0 aromatic carbocycles. The zero-order valence-electron chi connectivity index (χ0n) is 16.2. The molecule has 0 amide bonds. The van der Waals surface area contributed by atoms with Gasteiger partial charge in [-0.05, 0) is 43.2 Å². The Bertz CT molecular complexity index is 1120. The molecule has 11 heteroatoms. The van der Waals surface area contributed by atoms with Crippen LogP contribution in [0.5, 0.6) is 0 Å². The van der Waals surface area contributed by atoms with E-state index in [1.54, 1.807) is 24.4 Å². The third kappa shape index (κ3) is 4.51. The number of sulfonamides is 1. The Hall–Kier alpha value is -3.21. The van der Waals surface area contributed by atoms with Gasteiger partial charge in [-0.15, -0.1) is 10.2 Å². The summed E-state index contributed by atoms with van der Waals surface area (Å²) in [6, 6.07) is 10.7. The predicted molar refractivity (Wildman–Crippen MR) is 110 cm³/mol. The Morgan fingerprint density at radius 2 is 1.90 bits per heavy atom. The van der Waals surface area contributed by atoms with E-state index in [-0.39, 0.29) is 11.4 Å². The van der Waals surface area contributed by atoms with Crippen LogP contribution in [0.2, 0.25) is 0 Å². The summed E-state index contributed by atoms with van der Waals surface area (Å²) in [4.78, 5) is 12.4. The van der Waals surface area contributed by atoms with Gasteiger partial charge in [0.25, 0.3) is 0 Å². The van der Waals surface area contributed by atoms with Crippen LogP contribution in [0.25, 0.3) is 11.4 Å². The van der Waals surface area contributed by atoms with Crippen molar-refractivity contribution in [3.63, 3.8) is 0 Å². The standard InChI is InChI=1S/C19H20FN7O2S/c1-30(28,29)27-18-22-9-7-14(24-18)15-5-6-17(26-25-15)23-12-19(10-13(20)11-19)16-4-2-3-8-21-16/h2-9,13H,10-12H2,1H3,(H,23,26)(H,22,24,27). The Morgan fingerprint density at radius 3 is 2.53 bits per heavy atom. The van der Waals surface area contributed by atoms with Gasteiger partial charge < -0.3 is 5.32 Å². The molecule has 3 aromatic rings. The van der Waals surface area contributed by atoms with Crippen LogP contribution < -0.4 is 10.0 Å². The Morgan fingerprint density at radius 1 is 1.07 bits per heavy atom. The third-order valence-electron chi connectivity index (χ3n) is 4.90.